The average Bonchev–Trinajstić information content (AvgIpc) is 2.43. The van der Waals surface area contributed by atoms with Crippen LogP contribution in [-0.2, 0) is 0 Å². The van der Waals surface area contributed by atoms with Gasteiger partial charge in [-0.05, 0) is 65.2 Å². The number of benzene rings is 1. The summed E-state index contributed by atoms with van der Waals surface area (Å²) in [6, 6.07) is 5.12. The summed E-state index contributed by atoms with van der Waals surface area (Å²) in [4.78, 5) is 12.2. The van der Waals surface area contributed by atoms with Gasteiger partial charge in [0.15, 0.2) is 0 Å². The van der Waals surface area contributed by atoms with Crippen molar-refractivity contribution in [1.29, 1.82) is 0 Å². The Bertz CT molecular complexity index is 533. The maximum atomic E-state index is 12.2. The van der Waals surface area contributed by atoms with Crippen LogP contribution < -0.4 is 11.1 Å². The minimum Gasteiger partial charge on any atom is -0.399 e. The third kappa shape index (κ3) is 4.20. The normalized spacial score (nSPS) is 20.0. The summed E-state index contributed by atoms with van der Waals surface area (Å²) >= 11 is 3.35. The summed E-state index contributed by atoms with van der Waals surface area (Å²) in [6.07, 6.45) is 3.39. The SMILES string of the molecule is CC1(C)CCC(O)(CNC(=O)c2cc(N)ccc2Br)CC1. The highest BCUT2D eigenvalue weighted by molar-refractivity contribution is 9.10. The quantitative estimate of drug-likeness (QED) is 0.730. The van der Waals surface area contributed by atoms with Crippen LogP contribution >= 0.6 is 15.9 Å². The molecule has 2 rings (SSSR count). The lowest BCUT2D eigenvalue weighted by Crippen LogP contribution is -2.46. The molecule has 0 saturated heterocycles. The Morgan fingerprint density at radius 1 is 1.33 bits per heavy atom. The van der Waals surface area contributed by atoms with E-state index < -0.39 is 5.60 Å². The highest BCUT2D eigenvalue weighted by Gasteiger charge is 2.36. The molecule has 1 aromatic carbocycles. The molecule has 0 bridgehead atoms. The number of halogens is 1. The molecule has 1 aliphatic rings. The van der Waals surface area contributed by atoms with Crippen LogP contribution in [0.4, 0.5) is 5.69 Å². The number of nitrogens with two attached hydrogens (primary N) is 1. The van der Waals surface area contributed by atoms with Crippen molar-refractivity contribution in [1.82, 2.24) is 5.32 Å². The Labute approximate surface area is 134 Å². The van der Waals surface area contributed by atoms with Gasteiger partial charge in [-0.1, -0.05) is 13.8 Å². The van der Waals surface area contributed by atoms with Gasteiger partial charge in [0.2, 0.25) is 0 Å². The average molecular weight is 355 g/mol. The molecule has 0 atom stereocenters. The summed E-state index contributed by atoms with van der Waals surface area (Å²) in [6.45, 7) is 4.72. The van der Waals surface area contributed by atoms with Gasteiger partial charge < -0.3 is 16.2 Å². The zero-order valence-corrected chi connectivity index (χ0v) is 14.2. The van der Waals surface area contributed by atoms with Crippen molar-refractivity contribution in [2.45, 2.75) is 45.1 Å². The smallest absolute Gasteiger partial charge is 0.252 e. The van der Waals surface area contributed by atoms with Crippen molar-refractivity contribution in [2.75, 3.05) is 12.3 Å². The lowest BCUT2D eigenvalue weighted by molar-refractivity contribution is -0.0233. The van der Waals surface area contributed by atoms with Crippen molar-refractivity contribution in [3.05, 3.63) is 28.2 Å². The number of amides is 1. The third-order valence-corrected chi connectivity index (χ3v) is 5.04. The van der Waals surface area contributed by atoms with E-state index in [0.29, 0.717) is 15.7 Å². The Balaban J connectivity index is 1.97. The minimum absolute atomic E-state index is 0.215. The number of carbonyl (C=O) groups excluding carboxylic acids is 1. The molecule has 0 radical (unpaired) electrons. The summed E-state index contributed by atoms with van der Waals surface area (Å²) < 4.78 is 0.700. The van der Waals surface area contributed by atoms with E-state index in [-0.39, 0.29) is 17.9 Å². The first kappa shape index (κ1) is 16.3. The Morgan fingerprint density at radius 2 is 1.95 bits per heavy atom. The first-order chi connectivity index (χ1) is 9.71. The molecule has 1 aromatic rings. The van der Waals surface area contributed by atoms with Crippen molar-refractivity contribution in [2.24, 2.45) is 5.41 Å². The maximum Gasteiger partial charge on any atom is 0.252 e. The van der Waals surface area contributed by atoms with E-state index in [4.69, 9.17) is 5.73 Å². The van der Waals surface area contributed by atoms with Gasteiger partial charge in [0.05, 0.1) is 11.2 Å². The lowest BCUT2D eigenvalue weighted by atomic mass is 9.71. The van der Waals surface area contributed by atoms with Gasteiger partial charge in [-0.25, -0.2) is 0 Å². The molecule has 5 heteroatoms. The number of hydrogen-bond acceptors (Lipinski definition) is 3. The fourth-order valence-electron chi connectivity index (χ4n) is 2.63. The van der Waals surface area contributed by atoms with Crippen LogP contribution in [0.15, 0.2) is 22.7 Å². The number of hydrogen-bond donors (Lipinski definition) is 3. The second-order valence-electron chi connectivity index (χ2n) is 6.81. The lowest BCUT2D eigenvalue weighted by Gasteiger charge is -2.40. The van der Waals surface area contributed by atoms with Gasteiger partial charge in [0.25, 0.3) is 5.91 Å². The molecule has 0 heterocycles. The fourth-order valence-corrected chi connectivity index (χ4v) is 3.05. The zero-order chi connectivity index (χ0) is 15.7. The third-order valence-electron chi connectivity index (χ3n) is 4.35. The summed E-state index contributed by atoms with van der Waals surface area (Å²) in [7, 11) is 0. The van der Waals surface area contributed by atoms with Crippen LogP contribution in [0.1, 0.15) is 49.9 Å². The molecule has 0 unspecified atom stereocenters. The van der Waals surface area contributed by atoms with Gasteiger partial charge in [0, 0.05) is 16.7 Å². The Hall–Kier alpha value is -1.07. The minimum atomic E-state index is -0.794. The summed E-state index contributed by atoms with van der Waals surface area (Å²) in [5, 5.41) is 13.4. The molecule has 4 nitrogen and oxygen atoms in total. The number of nitrogens with one attached hydrogen (secondary N) is 1. The fraction of sp³-hybridized carbons (Fsp3) is 0.562. The topological polar surface area (TPSA) is 75.3 Å². The van der Waals surface area contributed by atoms with E-state index in [0.717, 1.165) is 25.7 Å². The number of nitrogen functional groups attached to an aromatic ring is 1. The number of anilines is 1. The van der Waals surface area contributed by atoms with Crippen LogP contribution in [-0.4, -0.2) is 23.2 Å². The van der Waals surface area contributed by atoms with Gasteiger partial charge >= 0.3 is 0 Å². The molecule has 1 aliphatic carbocycles. The standard InChI is InChI=1S/C16H23BrN2O2/c1-15(2)5-7-16(21,8-6-15)10-19-14(20)12-9-11(18)3-4-13(12)17/h3-4,9,21H,5-8,10,18H2,1-2H3,(H,19,20). The molecule has 0 spiro atoms. The van der Waals surface area contributed by atoms with E-state index in [1.165, 1.54) is 0 Å². The molecule has 4 N–H and O–H groups in total. The van der Waals surface area contributed by atoms with Crippen molar-refractivity contribution in [3.63, 3.8) is 0 Å². The van der Waals surface area contributed by atoms with Gasteiger partial charge in [-0.2, -0.15) is 0 Å². The van der Waals surface area contributed by atoms with Gasteiger partial charge in [-0.15, -0.1) is 0 Å². The molecule has 116 valence electrons. The predicted molar refractivity (Wildman–Crippen MR) is 88.1 cm³/mol. The van der Waals surface area contributed by atoms with Gasteiger partial charge in [0.1, 0.15) is 0 Å². The predicted octanol–water partition coefficient (Wildman–Crippen LogP) is 3.09. The molecule has 1 fully saturated rings. The molecular weight excluding hydrogens is 332 g/mol. The van der Waals surface area contributed by atoms with E-state index in [1.54, 1.807) is 18.2 Å². The van der Waals surface area contributed by atoms with Crippen LogP contribution in [0, 0.1) is 5.41 Å². The van der Waals surface area contributed by atoms with Crippen LogP contribution in [0.25, 0.3) is 0 Å². The van der Waals surface area contributed by atoms with Crippen molar-refractivity contribution >= 4 is 27.5 Å². The second kappa shape index (κ2) is 5.97. The molecule has 0 aliphatic heterocycles. The largest absolute Gasteiger partial charge is 0.399 e. The second-order valence-corrected chi connectivity index (χ2v) is 7.66. The molecule has 1 saturated carbocycles. The molecule has 1 amide bonds. The van der Waals surface area contributed by atoms with Crippen LogP contribution in [0.5, 0.6) is 0 Å². The summed E-state index contributed by atoms with van der Waals surface area (Å²) in [5.74, 6) is -0.215. The Kier molecular flexibility index (Phi) is 4.63. The van der Waals surface area contributed by atoms with Crippen LogP contribution in [0.3, 0.4) is 0 Å². The Morgan fingerprint density at radius 3 is 2.57 bits per heavy atom. The van der Waals surface area contributed by atoms with Crippen LogP contribution in [0.2, 0.25) is 0 Å². The van der Waals surface area contributed by atoms with Crippen molar-refractivity contribution < 1.29 is 9.90 Å². The summed E-state index contributed by atoms with van der Waals surface area (Å²) in [5.41, 5.74) is 6.24. The highest BCUT2D eigenvalue weighted by Crippen LogP contribution is 2.39. The van der Waals surface area contributed by atoms with E-state index in [2.05, 4.69) is 35.1 Å². The van der Waals surface area contributed by atoms with Crippen molar-refractivity contribution in [3.8, 4) is 0 Å². The first-order valence-corrected chi connectivity index (χ1v) is 8.06. The number of rotatable bonds is 3. The maximum absolute atomic E-state index is 12.2. The molecule has 0 aromatic heterocycles. The molecular formula is C16H23BrN2O2. The van der Waals surface area contributed by atoms with E-state index >= 15 is 0 Å². The van der Waals surface area contributed by atoms with Gasteiger partial charge in [-0.3, -0.25) is 4.79 Å². The highest BCUT2D eigenvalue weighted by atomic mass is 79.9. The van der Waals surface area contributed by atoms with E-state index in [1.807, 2.05) is 0 Å². The monoisotopic (exact) mass is 354 g/mol. The molecule has 21 heavy (non-hydrogen) atoms. The number of aliphatic hydroxyl groups is 1. The number of carbonyl (C=O) groups is 1. The van der Waals surface area contributed by atoms with E-state index in [9.17, 15) is 9.90 Å². The first-order valence-electron chi connectivity index (χ1n) is 7.26. The zero-order valence-electron chi connectivity index (χ0n) is 12.6.